The Kier molecular flexibility index (Phi) is 5.15. The Hall–Kier alpha value is -2.33. The van der Waals surface area contributed by atoms with Crippen LogP contribution in [0.1, 0.15) is 38.7 Å². The van der Waals surface area contributed by atoms with Crippen LogP contribution in [0.15, 0.2) is 42.5 Å². The molecule has 0 aliphatic carbocycles. The Bertz CT molecular complexity index is 853. The molecule has 0 saturated carbocycles. The first-order valence-electron chi connectivity index (χ1n) is 10.3. The van der Waals surface area contributed by atoms with Gasteiger partial charge in [-0.1, -0.05) is 32.0 Å². The molecule has 2 aromatic carbocycles. The van der Waals surface area contributed by atoms with Gasteiger partial charge in [0.15, 0.2) is 0 Å². The summed E-state index contributed by atoms with van der Waals surface area (Å²) in [5.74, 6) is 1.14. The van der Waals surface area contributed by atoms with E-state index in [1.165, 1.54) is 11.1 Å². The van der Waals surface area contributed by atoms with Gasteiger partial charge < -0.3 is 14.4 Å². The molecule has 0 radical (unpaired) electrons. The first kappa shape index (κ1) is 19.0. The largest absolute Gasteiger partial charge is 0.497 e. The van der Waals surface area contributed by atoms with Gasteiger partial charge in [-0.2, -0.15) is 0 Å². The van der Waals surface area contributed by atoms with Crippen molar-refractivity contribution < 1.29 is 14.3 Å². The van der Waals surface area contributed by atoms with E-state index in [1.807, 2.05) is 24.0 Å². The third kappa shape index (κ3) is 3.20. The van der Waals surface area contributed by atoms with Crippen LogP contribution in [0.3, 0.4) is 0 Å². The van der Waals surface area contributed by atoms with Crippen molar-refractivity contribution in [1.82, 2.24) is 0 Å². The van der Waals surface area contributed by atoms with Crippen LogP contribution < -0.4 is 9.64 Å². The number of anilines is 1. The normalized spacial score (nSPS) is 18.8. The Morgan fingerprint density at radius 2 is 1.82 bits per heavy atom. The number of methoxy groups -OCH3 is 1. The van der Waals surface area contributed by atoms with E-state index in [0.29, 0.717) is 0 Å². The van der Waals surface area contributed by atoms with Crippen LogP contribution in [-0.4, -0.2) is 32.8 Å². The molecule has 148 valence electrons. The summed E-state index contributed by atoms with van der Waals surface area (Å²) in [6.07, 6.45) is 2.80. The summed E-state index contributed by atoms with van der Waals surface area (Å²) in [6, 6.07) is 14.7. The second-order valence-electron chi connectivity index (χ2n) is 8.09. The predicted molar refractivity (Wildman–Crippen MR) is 112 cm³/mol. The minimum atomic E-state index is 0.0131. The summed E-state index contributed by atoms with van der Waals surface area (Å²) in [7, 11) is 1.68. The van der Waals surface area contributed by atoms with Gasteiger partial charge in [0.05, 0.1) is 7.11 Å². The molecule has 2 aliphatic heterocycles. The van der Waals surface area contributed by atoms with E-state index in [1.54, 1.807) is 7.11 Å². The van der Waals surface area contributed by atoms with Crippen LogP contribution in [0, 0.1) is 5.92 Å². The van der Waals surface area contributed by atoms with Gasteiger partial charge in [-0.3, -0.25) is 4.79 Å². The molecule has 1 fully saturated rings. The number of carbonyl (C=O) groups is 1. The van der Waals surface area contributed by atoms with E-state index < -0.39 is 0 Å². The lowest BCUT2D eigenvalue weighted by atomic mass is 9.75. The molecule has 2 heterocycles. The lowest BCUT2D eigenvalue weighted by Crippen LogP contribution is -2.42. The quantitative estimate of drug-likeness (QED) is 0.766. The Morgan fingerprint density at radius 1 is 1.14 bits per heavy atom. The monoisotopic (exact) mass is 379 g/mol. The van der Waals surface area contributed by atoms with Crippen molar-refractivity contribution in [2.45, 2.75) is 38.5 Å². The number of fused-ring (bicyclic) bond motifs is 2. The van der Waals surface area contributed by atoms with Gasteiger partial charge in [0, 0.05) is 36.8 Å². The van der Waals surface area contributed by atoms with Gasteiger partial charge in [0.2, 0.25) is 5.91 Å². The predicted octanol–water partition coefficient (Wildman–Crippen LogP) is 4.80. The SMILES string of the molecule is CC[C@H](C)C(=O)N1CC2(CCOCC2)c2cc(-c3ccc(OC)cc3)ccc21. The van der Waals surface area contributed by atoms with Crippen LogP contribution in [0.2, 0.25) is 0 Å². The Balaban J connectivity index is 1.76. The van der Waals surface area contributed by atoms with Crippen molar-refractivity contribution in [2.24, 2.45) is 5.92 Å². The zero-order chi connectivity index (χ0) is 19.7. The molecular weight excluding hydrogens is 350 g/mol. The average molecular weight is 380 g/mol. The number of benzene rings is 2. The number of ether oxygens (including phenoxy) is 2. The fraction of sp³-hybridized carbons (Fsp3) is 0.458. The molecule has 1 spiro atoms. The maximum Gasteiger partial charge on any atom is 0.229 e. The number of amides is 1. The summed E-state index contributed by atoms with van der Waals surface area (Å²) >= 11 is 0. The van der Waals surface area contributed by atoms with Crippen molar-refractivity contribution >= 4 is 11.6 Å². The van der Waals surface area contributed by atoms with Crippen LogP contribution in [-0.2, 0) is 14.9 Å². The van der Waals surface area contributed by atoms with E-state index in [9.17, 15) is 4.79 Å². The highest BCUT2D eigenvalue weighted by Gasteiger charge is 2.46. The van der Waals surface area contributed by atoms with Gasteiger partial charge in [-0.15, -0.1) is 0 Å². The summed E-state index contributed by atoms with van der Waals surface area (Å²) < 4.78 is 10.9. The molecule has 1 saturated heterocycles. The van der Waals surface area contributed by atoms with Gasteiger partial charge in [0.25, 0.3) is 0 Å². The molecule has 1 atom stereocenters. The van der Waals surface area contributed by atoms with Gasteiger partial charge in [0.1, 0.15) is 5.75 Å². The molecule has 0 N–H and O–H groups in total. The lowest BCUT2D eigenvalue weighted by Gasteiger charge is -2.34. The maximum absolute atomic E-state index is 13.1. The number of hydrogen-bond acceptors (Lipinski definition) is 3. The summed E-state index contributed by atoms with van der Waals surface area (Å²) in [5.41, 5.74) is 4.76. The second kappa shape index (κ2) is 7.59. The third-order valence-corrected chi connectivity index (χ3v) is 6.49. The topological polar surface area (TPSA) is 38.8 Å². The number of carbonyl (C=O) groups excluding carboxylic acids is 1. The summed E-state index contributed by atoms with van der Waals surface area (Å²) in [6.45, 7) is 6.41. The van der Waals surface area contributed by atoms with E-state index in [0.717, 1.165) is 56.0 Å². The Morgan fingerprint density at radius 3 is 2.46 bits per heavy atom. The summed E-state index contributed by atoms with van der Waals surface area (Å²) in [5, 5.41) is 0. The summed E-state index contributed by atoms with van der Waals surface area (Å²) in [4.78, 5) is 15.1. The van der Waals surface area contributed by atoms with E-state index in [2.05, 4.69) is 37.3 Å². The minimum absolute atomic E-state index is 0.0131. The lowest BCUT2D eigenvalue weighted by molar-refractivity contribution is -0.122. The fourth-order valence-corrected chi connectivity index (χ4v) is 4.46. The zero-order valence-electron chi connectivity index (χ0n) is 17.0. The molecule has 2 aliphatic rings. The number of nitrogens with zero attached hydrogens (tertiary/aromatic N) is 1. The first-order valence-corrected chi connectivity index (χ1v) is 10.3. The van der Waals surface area contributed by atoms with Crippen molar-refractivity contribution in [3.8, 4) is 16.9 Å². The molecule has 2 aromatic rings. The van der Waals surface area contributed by atoms with Crippen molar-refractivity contribution in [1.29, 1.82) is 0 Å². The molecule has 4 nitrogen and oxygen atoms in total. The molecule has 0 bridgehead atoms. The highest BCUT2D eigenvalue weighted by atomic mass is 16.5. The van der Waals surface area contributed by atoms with Crippen LogP contribution in [0.5, 0.6) is 5.75 Å². The third-order valence-electron chi connectivity index (χ3n) is 6.49. The van der Waals surface area contributed by atoms with Crippen molar-refractivity contribution in [3.05, 3.63) is 48.0 Å². The number of rotatable bonds is 4. The highest BCUT2D eigenvalue weighted by molar-refractivity contribution is 5.98. The van der Waals surface area contributed by atoms with E-state index >= 15 is 0 Å². The molecule has 4 rings (SSSR count). The smallest absolute Gasteiger partial charge is 0.229 e. The fourth-order valence-electron chi connectivity index (χ4n) is 4.46. The number of hydrogen-bond donors (Lipinski definition) is 0. The molecule has 0 unspecified atom stereocenters. The van der Waals surface area contributed by atoms with E-state index in [-0.39, 0.29) is 17.2 Å². The van der Waals surface area contributed by atoms with Crippen molar-refractivity contribution in [2.75, 3.05) is 31.8 Å². The van der Waals surface area contributed by atoms with Gasteiger partial charge in [-0.05, 0) is 60.2 Å². The van der Waals surface area contributed by atoms with Crippen LogP contribution in [0.4, 0.5) is 5.69 Å². The molecule has 1 amide bonds. The Labute approximate surface area is 167 Å². The van der Waals surface area contributed by atoms with Gasteiger partial charge >= 0.3 is 0 Å². The molecule has 0 aromatic heterocycles. The molecule has 28 heavy (non-hydrogen) atoms. The van der Waals surface area contributed by atoms with Crippen molar-refractivity contribution in [3.63, 3.8) is 0 Å². The maximum atomic E-state index is 13.1. The van der Waals surface area contributed by atoms with E-state index in [4.69, 9.17) is 9.47 Å². The van der Waals surface area contributed by atoms with Gasteiger partial charge in [-0.25, -0.2) is 0 Å². The standard InChI is InChI=1S/C24H29NO3/c1-4-17(2)23(26)25-16-24(11-13-28-14-12-24)21-15-19(7-10-22(21)25)18-5-8-20(27-3)9-6-18/h5-10,15,17H,4,11-14,16H2,1-3H3/t17-/m0/s1. The van der Waals surface area contributed by atoms with Crippen LogP contribution in [0.25, 0.3) is 11.1 Å². The second-order valence-corrected chi connectivity index (χ2v) is 8.09. The molecular formula is C24H29NO3. The first-order chi connectivity index (χ1) is 13.6. The molecule has 4 heteroatoms. The minimum Gasteiger partial charge on any atom is -0.497 e. The average Bonchev–Trinajstić information content (AvgIpc) is 3.06. The highest BCUT2D eigenvalue weighted by Crippen LogP contribution is 2.48. The van der Waals surface area contributed by atoms with Crippen LogP contribution >= 0.6 is 0 Å². The zero-order valence-corrected chi connectivity index (χ0v) is 17.0.